The van der Waals surface area contributed by atoms with Crippen LogP contribution in [0.5, 0.6) is 0 Å². The van der Waals surface area contributed by atoms with Gasteiger partial charge in [0.1, 0.15) is 4.47 Å². The number of aryl methyl sites for hydroxylation is 1. The fourth-order valence-electron chi connectivity index (χ4n) is 1.81. The summed E-state index contributed by atoms with van der Waals surface area (Å²) in [6.45, 7) is 4.92. The van der Waals surface area contributed by atoms with Crippen LogP contribution in [0.15, 0.2) is 15.5 Å². The Balaban J connectivity index is 2.05. The van der Waals surface area contributed by atoms with E-state index in [9.17, 15) is 4.79 Å². The molecule has 1 unspecified atom stereocenters. The molecule has 1 saturated heterocycles. The number of rotatable bonds is 4. The molecule has 0 radical (unpaired) electrons. The number of nitrogens with one attached hydrogen (secondary N) is 1. The van der Waals surface area contributed by atoms with Gasteiger partial charge >= 0.3 is 0 Å². The van der Waals surface area contributed by atoms with E-state index in [1.165, 1.54) is 4.68 Å². The minimum absolute atomic E-state index is 0.0971. The summed E-state index contributed by atoms with van der Waals surface area (Å²) in [7, 11) is 0. The molecule has 1 atom stereocenters. The lowest BCUT2D eigenvalue weighted by molar-refractivity contribution is 0.187. The lowest BCUT2D eigenvalue weighted by atomic mass is 10.1. The largest absolute Gasteiger partial charge is 0.382 e. The van der Waals surface area contributed by atoms with Gasteiger partial charge in [0.05, 0.1) is 18.5 Å². The molecular weight excluding hydrogens is 286 g/mol. The van der Waals surface area contributed by atoms with Crippen molar-refractivity contribution in [3.05, 3.63) is 21.0 Å². The molecule has 94 valence electrons. The van der Waals surface area contributed by atoms with Gasteiger partial charge in [-0.05, 0) is 29.3 Å². The van der Waals surface area contributed by atoms with Crippen molar-refractivity contribution in [2.75, 3.05) is 25.1 Å². The number of hydrogen-bond acceptors (Lipinski definition) is 4. The van der Waals surface area contributed by atoms with Crippen molar-refractivity contribution in [1.29, 1.82) is 0 Å². The second-order valence-electron chi connectivity index (χ2n) is 4.10. The number of halogens is 1. The minimum Gasteiger partial charge on any atom is -0.382 e. The van der Waals surface area contributed by atoms with E-state index in [1.54, 1.807) is 6.20 Å². The highest BCUT2D eigenvalue weighted by atomic mass is 79.9. The van der Waals surface area contributed by atoms with Crippen LogP contribution in [0.4, 0.5) is 5.69 Å². The third kappa shape index (κ3) is 2.87. The van der Waals surface area contributed by atoms with Crippen LogP contribution in [0.1, 0.15) is 13.3 Å². The Hall–Kier alpha value is -0.880. The van der Waals surface area contributed by atoms with Crippen molar-refractivity contribution in [3.63, 3.8) is 0 Å². The fraction of sp³-hybridized carbons (Fsp3) is 0.636. The van der Waals surface area contributed by atoms with E-state index in [1.807, 2.05) is 6.92 Å². The number of hydrogen-bond donors (Lipinski definition) is 1. The summed E-state index contributed by atoms with van der Waals surface area (Å²) in [5.41, 5.74) is 0.659. The summed E-state index contributed by atoms with van der Waals surface area (Å²) in [6.07, 6.45) is 2.76. The molecule has 1 aliphatic rings. The van der Waals surface area contributed by atoms with E-state index < -0.39 is 0 Å². The maximum atomic E-state index is 11.8. The average molecular weight is 302 g/mol. The SMILES string of the molecule is CCn1ncc(NCC2CCOC2)c(Br)c1=O. The van der Waals surface area contributed by atoms with Crippen LogP contribution >= 0.6 is 15.9 Å². The van der Waals surface area contributed by atoms with Gasteiger partial charge < -0.3 is 10.1 Å². The van der Waals surface area contributed by atoms with Crippen molar-refractivity contribution < 1.29 is 4.74 Å². The maximum Gasteiger partial charge on any atom is 0.283 e. The molecule has 1 N–H and O–H groups in total. The highest BCUT2D eigenvalue weighted by Gasteiger charge is 2.16. The van der Waals surface area contributed by atoms with Crippen LogP contribution in [-0.2, 0) is 11.3 Å². The van der Waals surface area contributed by atoms with Gasteiger partial charge in [-0.2, -0.15) is 5.10 Å². The van der Waals surface area contributed by atoms with Crippen LogP contribution in [0.25, 0.3) is 0 Å². The summed E-state index contributed by atoms with van der Waals surface area (Å²) in [6, 6.07) is 0. The van der Waals surface area contributed by atoms with E-state index in [2.05, 4.69) is 26.3 Å². The van der Waals surface area contributed by atoms with E-state index in [-0.39, 0.29) is 5.56 Å². The van der Waals surface area contributed by atoms with Crippen molar-refractivity contribution in [2.45, 2.75) is 19.9 Å². The van der Waals surface area contributed by atoms with E-state index in [0.29, 0.717) is 16.9 Å². The molecule has 0 aliphatic carbocycles. The normalized spacial score (nSPS) is 19.5. The molecule has 1 aromatic heterocycles. The van der Waals surface area contributed by atoms with Gasteiger partial charge in [0.2, 0.25) is 0 Å². The molecule has 0 aromatic carbocycles. The predicted molar refractivity (Wildman–Crippen MR) is 69.3 cm³/mol. The molecule has 6 heteroatoms. The fourth-order valence-corrected chi connectivity index (χ4v) is 2.26. The Labute approximate surface area is 108 Å². The minimum atomic E-state index is -0.0971. The molecule has 17 heavy (non-hydrogen) atoms. The second-order valence-corrected chi connectivity index (χ2v) is 4.90. The number of ether oxygens (including phenoxy) is 1. The summed E-state index contributed by atoms with van der Waals surface area (Å²) in [5.74, 6) is 0.524. The van der Waals surface area contributed by atoms with Crippen molar-refractivity contribution in [2.24, 2.45) is 5.92 Å². The first-order valence-corrected chi connectivity index (χ1v) is 6.59. The van der Waals surface area contributed by atoms with Crippen molar-refractivity contribution in [3.8, 4) is 0 Å². The Morgan fingerprint density at radius 3 is 3.18 bits per heavy atom. The zero-order valence-corrected chi connectivity index (χ0v) is 11.4. The van der Waals surface area contributed by atoms with Crippen molar-refractivity contribution >= 4 is 21.6 Å². The Morgan fingerprint density at radius 2 is 2.53 bits per heavy atom. The quantitative estimate of drug-likeness (QED) is 0.915. The smallest absolute Gasteiger partial charge is 0.283 e. The second kappa shape index (κ2) is 5.64. The first-order chi connectivity index (χ1) is 8.22. The molecule has 1 fully saturated rings. The van der Waals surface area contributed by atoms with E-state index in [0.717, 1.165) is 31.9 Å². The number of anilines is 1. The average Bonchev–Trinajstić information content (AvgIpc) is 2.84. The maximum absolute atomic E-state index is 11.8. The van der Waals surface area contributed by atoms with Gasteiger partial charge in [-0.25, -0.2) is 4.68 Å². The molecule has 0 spiro atoms. The first kappa shape index (κ1) is 12.6. The molecule has 1 aromatic rings. The van der Waals surface area contributed by atoms with Crippen LogP contribution in [0, 0.1) is 5.92 Å². The lowest BCUT2D eigenvalue weighted by Crippen LogP contribution is -2.24. The van der Waals surface area contributed by atoms with Gasteiger partial charge in [0.15, 0.2) is 0 Å². The molecule has 2 rings (SSSR count). The Morgan fingerprint density at radius 1 is 1.71 bits per heavy atom. The third-order valence-corrected chi connectivity index (χ3v) is 3.66. The zero-order chi connectivity index (χ0) is 12.3. The predicted octanol–water partition coefficient (Wildman–Crippen LogP) is 1.47. The Bertz CT molecular complexity index is 441. The van der Waals surface area contributed by atoms with Crippen LogP contribution in [-0.4, -0.2) is 29.5 Å². The summed E-state index contributed by atoms with van der Waals surface area (Å²) in [5, 5.41) is 7.33. The van der Waals surface area contributed by atoms with Crippen molar-refractivity contribution in [1.82, 2.24) is 9.78 Å². The standard InChI is InChI=1S/C11H16BrN3O2/c1-2-15-11(16)10(12)9(6-14-15)13-5-8-3-4-17-7-8/h6,8,13H,2-5,7H2,1H3. The van der Waals surface area contributed by atoms with E-state index in [4.69, 9.17) is 4.74 Å². The summed E-state index contributed by atoms with van der Waals surface area (Å²) in [4.78, 5) is 11.8. The summed E-state index contributed by atoms with van der Waals surface area (Å²) >= 11 is 3.31. The van der Waals surface area contributed by atoms with Crippen LogP contribution < -0.4 is 10.9 Å². The molecule has 0 saturated carbocycles. The topological polar surface area (TPSA) is 56.1 Å². The van der Waals surface area contributed by atoms with Crippen LogP contribution in [0.3, 0.4) is 0 Å². The zero-order valence-electron chi connectivity index (χ0n) is 9.78. The van der Waals surface area contributed by atoms with Gasteiger partial charge in [-0.3, -0.25) is 4.79 Å². The van der Waals surface area contributed by atoms with Crippen LogP contribution in [0.2, 0.25) is 0 Å². The monoisotopic (exact) mass is 301 g/mol. The molecule has 0 amide bonds. The van der Waals surface area contributed by atoms with E-state index >= 15 is 0 Å². The molecule has 2 heterocycles. The summed E-state index contributed by atoms with van der Waals surface area (Å²) < 4.78 is 7.28. The van der Waals surface area contributed by atoms with Gasteiger partial charge in [0, 0.05) is 25.6 Å². The third-order valence-electron chi connectivity index (χ3n) is 2.89. The highest BCUT2D eigenvalue weighted by Crippen LogP contribution is 2.18. The first-order valence-electron chi connectivity index (χ1n) is 5.79. The molecule has 1 aliphatic heterocycles. The lowest BCUT2D eigenvalue weighted by Gasteiger charge is -2.12. The highest BCUT2D eigenvalue weighted by molar-refractivity contribution is 9.10. The van der Waals surface area contributed by atoms with Gasteiger partial charge in [-0.1, -0.05) is 0 Å². The number of aromatic nitrogens is 2. The molecule has 0 bridgehead atoms. The molecule has 5 nitrogen and oxygen atoms in total. The Kier molecular flexibility index (Phi) is 4.17. The number of nitrogens with zero attached hydrogens (tertiary/aromatic N) is 2. The van der Waals surface area contributed by atoms with Gasteiger partial charge in [0.25, 0.3) is 5.56 Å². The molecular formula is C11H16BrN3O2. The van der Waals surface area contributed by atoms with Gasteiger partial charge in [-0.15, -0.1) is 0 Å².